The molecule has 0 heterocycles. The number of halogens is 1. The molecule has 0 saturated carbocycles. The lowest BCUT2D eigenvalue weighted by molar-refractivity contribution is -0.105. The van der Waals surface area contributed by atoms with Crippen LogP contribution >= 0.6 is 24.2 Å². The largest absolute Gasteiger partial charge is 0.547 e. The quantitative estimate of drug-likeness (QED) is 0.267. The van der Waals surface area contributed by atoms with Gasteiger partial charge >= 0.3 is 0 Å². The number of hydrogen-bond acceptors (Lipinski definition) is 4. The average Bonchev–Trinajstić information content (AvgIpc) is 2.09. The highest BCUT2D eigenvalue weighted by Crippen LogP contribution is 2.08. The number of hydrogen-bond donors (Lipinski definition) is 1. The molecule has 1 radical (unpaired) electrons. The van der Waals surface area contributed by atoms with Crippen LogP contribution in [0, 0.1) is 0 Å². The van der Waals surface area contributed by atoms with Gasteiger partial charge in [0.15, 0.2) is 5.71 Å². The molecule has 0 unspecified atom stereocenters. The molecule has 0 aliphatic heterocycles. The van der Waals surface area contributed by atoms with Gasteiger partial charge in [0.25, 0.3) is 9.04 Å². The molecule has 79 valence electrons. The minimum absolute atomic E-state index is 0.0687. The third kappa shape index (κ3) is 5.31. The summed E-state index contributed by atoms with van der Waals surface area (Å²) in [7, 11) is 0.420. The molecule has 0 aromatic heterocycles. The number of carbonyl (C=O) groups excluding carboxylic acids is 1. The third-order valence-corrected chi connectivity index (χ3v) is 2.08. The fraction of sp³-hybridized carbons (Fsp3) is 0.429. The Hall–Kier alpha value is -0.463. The van der Waals surface area contributed by atoms with Crippen LogP contribution in [0.3, 0.4) is 0 Å². The topological polar surface area (TPSA) is 47.9 Å². The number of thiol groups is 1. The van der Waals surface area contributed by atoms with Crippen LogP contribution in [-0.4, -0.2) is 27.0 Å². The van der Waals surface area contributed by atoms with Crippen LogP contribution in [-0.2, 0) is 14.1 Å². The third-order valence-electron chi connectivity index (χ3n) is 1.01. The second-order valence-corrected chi connectivity index (χ2v) is 5.29. The smallest absolute Gasteiger partial charge is 0.273 e. The molecule has 0 aromatic carbocycles. The maximum absolute atomic E-state index is 10.9. The summed E-state index contributed by atoms with van der Waals surface area (Å²) in [5.41, 5.74) is -0.0687. The number of oxime groups is 1. The van der Waals surface area contributed by atoms with Crippen LogP contribution in [0.25, 0.3) is 0 Å². The predicted octanol–water partition coefficient (Wildman–Crippen LogP) is 1.79. The maximum Gasteiger partial charge on any atom is 0.273 e. The van der Waals surface area contributed by atoms with Crippen molar-refractivity contribution in [1.29, 1.82) is 0 Å². The van der Waals surface area contributed by atoms with Crippen LogP contribution in [0.4, 0.5) is 0 Å². The van der Waals surface area contributed by atoms with E-state index in [2.05, 4.69) is 22.6 Å². The Bertz CT molecular complexity index is 268. The van der Waals surface area contributed by atoms with Gasteiger partial charge in [0.2, 0.25) is 5.12 Å². The zero-order valence-electron chi connectivity index (χ0n) is 8.07. The van der Waals surface area contributed by atoms with Gasteiger partial charge in [-0.3, -0.25) is 4.79 Å². The van der Waals surface area contributed by atoms with Gasteiger partial charge in [-0.05, 0) is 13.1 Å². The van der Waals surface area contributed by atoms with Crippen LogP contribution in [0.5, 0.6) is 0 Å². The number of rotatable bonds is 5. The number of carbonyl (C=O) groups is 1. The molecule has 0 fully saturated rings. The lowest BCUT2D eigenvalue weighted by Gasteiger charge is -2.03. The lowest BCUT2D eigenvalue weighted by Crippen LogP contribution is -2.10. The van der Waals surface area contributed by atoms with Gasteiger partial charge in [-0.15, -0.1) is 0 Å². The first-order valence-electron chi connectivity index (χ1n) is 3.66. The SMILES string of the molecule is CON=C(C(=O)S)C(Cl)=CO[Si](C)C. The van der Waals surface area contributed by atoms with E-state index < -0.39 is 14.2 Å². The zero-order valence-corrected chi connectivity index (χ0v) is 10.7. The molecule has 0 amide bonds. The summed E-state index contributed by atoms with van der Waals surface area (Å²) in [6, 6.07) is 0. The Morgan fingerprint density at radius 3 is 2.50 bits per heavy atom. The highest BCUT2D eigenvalue weighted by molar-refractivity contribution is 7.99. The molecule has 4 nitrogen and oxygen atoms in total. The minimum atomic E-state index is -0.896. The number of allylic oxidation sites excluding steroid dienone is 1. The number of nitrogens with zero attached hydrogens (tertiary/aromatic N) is 1. The monoisotopic (exact) mass is 252 g/mol. The van der Waals surface area contributed by atoms with E-state index >= 15 is 0 Å². The van der Waals surface area contributed by atoms with Gasteiger partial charge in [-0.2, -0.15) is 0 Å². The van der Waals surface area contributed by atoms with E-state index in [0.717, 1.165) is 0 Å². The Balaban J connectivity index is 4.60. The summed E-state index contributed by atoms with van der Waals surface area (Å²) in [5, 5.41) is 2.93. The van der Waals surface area contributed by atoms with E-state index in [1.54, 1.807) is 0 Å². The molecule has 0 rings (SSSR count). The predicted molar refractivity (Wildman–Crippen MR) is 60.9 cm³/mol. The van der Waals surface area contributed by atoms with Gasteiger partial charge in [0, 0.05) is 0 Å². The summed E-state index contributed by atoms with van der Waals surface area (Å²) in [4.78, 5) is 15.3. The molecule has 7 heteroatoms. The highest BCUT2D eigenvalue weighted by Gasteiger charge is 2.13. The van der Waals surface area contributed by atoms with Gasteiger partial charge in [-0.25, -0.2) is 0 Å². The molecule has 0 aliphatic rings. The van der Waals surface area contributed by atoms with E-state index in [1.165, 1.54) is 13.4 Å². The van der Waals surface area contributed by atoms with Crippen LogP contribution in [0.15, 0.2) is 16.5 Å². The molecule has 0 N–H and O–H groups in total. The standard InChI is InChI=1S/C7H11ClNO3SSi/c1-11-9-6(7(10)13)5(8)4-12-14(2)3/h4H,1-3H3,(H,10,13). The highest BCUT2D eigenvalue weighted by atomic mass is 35.5. The van der Waals surface area contributed by atoms with Gasteiger partial charge < -0.3 is 9.26 Å². The zero-order chi connectivity index (χ0) is 11.1. The van der Waals surface area contributed by atoms with Crippen molar-refractivity contribution in [2.45, 2.75) is 13.1 Å². The van der Waals surface area contributed by atoms with Crippen molar-refractivity contribution < 1.29 is 14.1 Å². The molecule has 0 saturated heterocycles. The fourth-order valence-corrected chi connectivity index (χ4v) is 1.32. The van der Waals surface area contributed by atoms with E-state index in [1.807, 2.05) is 13.1 Å². The van der Waals surface area contributed by atoms with Crippen molar-refractivity contribution in [3.05, 3.63) is 11.3 Å². The fourth-order valence-electron chi connectivity index (χ4n) is 0.501. The summed E-state index contributed by atoms with van der Waals surface area (Å²) >= 11 is 9.33. The minimum Gasteiger partial charge on any atom is -0.547 e. The Labute approximate surface area is 95.0 Å². The summed E-state index contributed by atoms with van der Waals surface area (Å²) in [6.07, 6.45) is 1.28. The molecule has 0 atom stereocenters. The van der Waals surface area contributed by atoms with Gasteiger partial charge in [0.1, 0.15) is 12.1 Å². The summed E-state index contributed by atoms with van der Waals surface area (Å²) in [5.74, 6) is 0. The first-order chi connectivity index (χ1) is 6.49. The van der Waals surface area contributed by atoms with Crippen molar-refractivity contribution in [3.8, 4) is 0 Å². The second-order valence-electron chi connectivity index (χ2n) is 2.42. The summed E-state index contributed by atoms with van der Waals surface area (Å²) in [6.45, 7) is 3.86. The first kappa shape index (κ1) is 13.5. The van der Waals surface area contributed by atoms with E-state index in [9.17, 15) is 4.79 Å². The van der Waals surface area contributed by atoms with E-state index in [4.69, 9.17) is 16.0 Å². The van der Waals surface area contributed by atoms with Crippen LogP contribution < -0.4 is 0 Å². The molecule has 0 bridgehead atoms. The average molecular weight is 253 g/mol. The molecule has 0 aliphatic carbocycles. The van der Waals surface area contributed by atoms with E-state index in [0.29, 0.717) is 0 Å². The Kier molecular flexibility index (Phi) is 6.68. The van der Waals surface area contributed by atoms with Crippen molar-refractivity contribution in [3.63, 3.8) is 0 Å². The van der Waals surface area contributed by atoms with Crippen molar-refractivity contribution in [2.24, 2.45) is 5.16 Å². The molecule has 14 heavy (non-hydrogen) atoms. The van der Waals surface area contributed by atoms with Crippen molar-refractivity contribution in [2.75, 3.05) is 7.11 Å². The first-order valence-corrected chi connectivity index (χ1v) is 6.89. The van der Waals surface area contributed by atoms with Crippen LogP contribution in [0.2, 0.25) is 13.1 Å². The van der Waals surface area contributed by atoms with Crippen LogP contribution in [0.1, 0.15) is 0 Å². The van der Waals surface area contributed by atoms with E-state index in [-0.39, 0.29) is 10.7 Å². The normalized spacial score (nSPS) is 13.0. The van der Waals surface area contributed by atoms with Gasteiger partial charge in [-0.1, -0.05) is 29.4 Å². The van der Waals surface area contributed by atoms with Crippen molar-refractivity contribution in [1.82, 2.24) is 0 Å². The molecule has 0 aromatic rings. The van der Waals surface area contributed by atoms with Crippen molar-refractivity contribution >= 4 is 44.1 Å². The Morgan fingerprint density at radius 2 is 2.14 bits per heavy atom. The molecule has 0 spiro atoms. The molecular formula is C7H11ClNO3SSi. The summed E-state index contributed by atoms with van der Waals surface area (Å²) < 4.78 is 5.17. The maximum atomic E-state index is 10.9. The van der Waals surface area contributed by atoms with Gasteiger partial charge in [0.05, 0.1) is 6.26 Å². The second kappa shape index (κ2) is 6.91. The molecular weight excluding hydrogens is 242 g/mol. The Morgan fingerprint density at radius 1 is 1.57 bits per heavy atom. The lowest BCUT2D eigenvalue weighted by atomic mass is 10.4.